The maximum Gasteiger partial charge on any atom is 0.124 e. The summed E-state index contributed by atoms with van der Waals surface area (Å²) in [5, 5.41) is 12.1. The lowest BCUT2D eigenvalue weighted by Crippen LogP contribution is -2.39. The average molecular weight is 250 g/mol. The van der Waals surface area contributed by atoms with Crippen molar-refractivity contribution in [2.24, 2.45) is 0 Å². The molecule has 1 aliphatic heterocycles. The predicted molar refractivity (Wildman–Crippen MR) is 64.8 cm³/mol. The molecule has 4 nitrogen and oxygen atoms in total. The molecule has 1 heterocycles. The Morgan fingerprint density at radius 2 is 2.44 bits per heavy atom. The quantitative estimate of drug-likeness (QED) is 0.887. The first-order valence-corrected chi connectivity index (χ1v) is 5.75. The first-order valence-electron chi connectivity index (χ1n) is 5.75. The molecule has 1 saturated heterocycles. The van der Waals surface area contributed by atoms with Crippen molar-refractivity contribution in [3.63, 3.8) is 0 Å². The Morgan fingerprint density at radius 3 is 3.06 bits per heavy atom. The zero-order chi connectivity index (χ0) is 13.0. The van der Waals surface area contributed by atoms with Crippen LogP contribution in [0.2, 0.25) is 0 Å². The van der Waals surface area contributed by atoms with Gasteiger partial charge in [0.1, 0.15) is 17.5 Å². The van der Waals surface area contributed by atoms with Crippen LogP contribution in [0.3, 0.4) is 0 Å². The summed E-state index contributed by atoms with van der Waals surface area (Å²) in [6.07, 6.45) is 0.805. The molecule has 1 aromatic rings. The van der Waals surface area contributed by atoms with Gasteiger partial charge in [-0.05, 0) is 18.2 Å². The van der Waals surface area contributed by atoms with Crippen molar-refractivity contribution in [2.45, 2.75) is 12.0 Å². The van der Waals surface area contributed by atoms with E-state index in [2.05, 4.69) is 5.32 Å². The molecule has 0 amide bonds. The number of hydrogen-bond donors (Lipinski definition) is 1. The van der Waals surface area contributed by atoms with E-state index in [0.717, 1.165) is 6.42 Å². The molecule has 0 saturated carbocycles. The van der Waals surface area contributed by atoms with E-state index >= 15 is 0 Å². The monoisotopic (exact) mass is 250 g/mol. The molecule has 96 valence electrons. The summed E-state index contributed by atoms with van der Waals surface area (Å²) in [5.41, 5.74) is 0.545. The van der Waals surface area contributed by atoms with Crippen molar-refractivity contribution in [1.29, 1.82) is 5.26 Å². The predicted octanol–water partition coefficient (Wildman–Crippen LogP) is 1.91. The van der Waals surface area contributed by atoms with Gasteiger partial charge in [0.05, 0.1) is 17.9 Å². The highest BCUT2D eigenvalue weighted by Crippen LogP contribution is 2.24. The lowest BCUT2D eigenvalue weighted by atomic mass is 10.0. The average Bonchev–Trinajstić information content (AvgIpc) is 2.86. The Labute approximate surface area is 105 Å². The third-order valence-electron chi connectivity index (χ3n) is 3.20. The fourth-order valence-electron chi connectivity index (χ4n) is 1.98. The molecule has 0 aromatic heterocycles. The van der Waals surface area contributed by atoms with Crippen LogP contribution >= 0.6 is 0 Å². The van der Waals surface area contributed by atoms with Crippen LogP contribution < -0.4 is 5.32 Å². The van der Waals surface area contributed by atoms with Gasteiger partial charge in [0.15, 0.2) is 0 Å². The molecule has 1 aromatic carbocycles. The van der Waals surface area contributed by atoms with Crippen molar-refractivity contribution >= 4 is 5.69 Å². The van der Waals surface area contributed by atoms with Gasteiger partial charge in [0, 0.05) is 26.7 Å². The summed E-state index contributed by atoms with van der Waals surface area (Å²) >= 11 is 0. The van der Waals surface area contributed by atoms with E-state index < -0.39 is 5.82 Å². The Morgan fingerprint density at radius 1 is 1.61 bits per heavy atom. The van der Waals surface area contributed by atoms with Crippen LogP contribution in [0.5, 0.6) is 0 Å². The van der Waals surface area contributed by atoms with Crippen LogP contribution in [0, 0.1) is 17.1 Å². The molecule has 1 N–H and O–H groups in total. The van der Waals surface area contributed by atoms with Gasteiger partial charge in [-0.1, -0.05) is 0 Å². The Balaban J connectivity index is 2.08. The number of nitrogens with one attached hydrogen (secondary N) is 1. The second-order valence-electron chi connectivity index (χ2n) is 4.34. The molecule has 0 radical (unpaired) electrons. The van der Waals surface area contributed by atoms with Crippen LogP contribution in [-0.4, -0.2) is 32.5 Å². The van der Waals surface area contributed by atoms with Gasteiger partial charge in [0.2, 0.25) is 0 Å². The molecule has 0 aliphatic carbocycles. The van der Waals surface area contributed by atoms with E-state index in [0.29, 0.717) is 31.0 Å². The first-order chi connectivity index (χ1) is 8.69. The van der Waals surface area contributed by atoms with Crippen molar-refractivity contribution < 1.29 is 13.9 Å². The molecule has 1 unspecified atom stereocenters. The number of ether oxygens (including phenoxy) is 2. The largest absolute Gasteiger partial charge is 0.381 e. The summed E-state index contributed by atoms with van der Waals surface area (Å²) in [4.78, 5) is 0. The number of methoxy groups -OCH3 is 1. The van der Waals surface area contributed by atoms with E-state index in [-0.39, 0.29) is 5.60 Å². The number of anilines is 1. The van der Waals surface area contributed by atoms with E-state index in [1.54, 1.807) is 13.2 Å². The minimum absolute atomic E-state index is 0.292. The summed E-state index contributed by atoms with van der Waals surface area (Å²) in [5.74, 6) is -0.414. The minimum atomic E-state index is -0.414. The van der Waals surface area contributed by atoms with E-state index in [9.17, 15) is 4.39 Å². The van der Waals surface area contributed by atoms with Gasteiger partial charge in [-0.3, -0.25) is 0 Å². The molecule has 18 heavy (non-hydrogen) atoms. The maximum absolute atomic E-state index is 13.0. The number of nitrogens with zero attached hydrogens (tertiary/aromatic N) is 1. The summed E-state index contributed by atoms with van der Waals surface area (Å²) < 4.78 is 23.8. The van der Waals surface area contributed by atoms with Gasteiger partial charge in [-0.2, -0.15) is 5.26 Å². The van der Waals surface area contributed by atoms with E-state index in [1.165, 1.54) is 12.1 Å². The molecule has 1 aliphatic rings. The second-order valence-corrected chi connectivity index (χ2v) is 4.34. The molecule has 0 spiro atoms. The van der Waals surface area contributed by atoms with Gasteiger partial charge in [-0.25, -0.2) is 4.39 Å². The van der Waals surface area contributed by atoms with Gasteiger partial charge < -0.3 is 14.8 Å². The fourth-order valence-corrected chi connectivity index (χ4v) is 1.98. The van der Waals surface area contributed by atoms with Crippen molar-refractivity contribution in [3.05, 3.63) is 29.6 Å². The van der Waals surface area contributed by atoms with Gasteiger partial charge in [-0.15, -0.1) is 0 Å². The molecule has 1 atom stereocenters. The standard InChI is InChI=1S/C13H15FN2O2/c1-17-13(4-5-18-9-13)8-16-12-3-2-11(14)6-10(12)7-15/h2-3,6,16H,4-5,8-9H2,1H3. The number of halogens is 1. The number of hydrogen-bond acceptors (Lipinski definition) is 4. The minimum Gasteiger partial charge on any atom is -0.381 e. The lowest BCUT2D eigenvalue weighted by Gasteiger charge is -2.26. The normalized spacial score (nSPS) is 22.7. The van der Waals surface area contributed by atoms with Crippen LogP contribution in [0.1, 0.15) is 12.0 Å². The molecule has 0 bridgehead atoms. The van der Waals surface area contributed by atoms with Crippen LogP contribution in [-0.2, 0) is 9.47 Å². The molecule has 5 heteroatoms. The third-order valence-corrected chi connectivity index (χ3v) is 3.20. The second kappa shape index (κ2) is 5.34. The Kier molecular flexibility index (Phi) is 3.80. The number of nitriles is 1. The first kappa shape index (κ1) is 12.8. The Hall–Kier alpha value is -1.64. The van der Waals surface area contributed by atoms with Crippen molar-refractivity contribution in [3.8, 4) is 6.07 Å². The molecular weight excluding hydrogens is 235 g/mol. The highest BCUT2D eigenvalue weighted by molar-refractivity contribution is 5.57. The van der Waals surface area contributed by atoms with E-state index in [4.69, 9.17) is 14.7 Å². The van der Waals surface area contributed by atoms with Crippen LogP contribution in [0.25, 0.3) is 0 Å². The van der Waals surface area contributed by atoms with Crippen LogP contribution in [0.4, 0.5) is 10.1 Å². The van der Waals surface area contributed by atoms with Crippen LogP contribution in [0.15, 0.2) is 18.2 Å². The maximum atomic E-state index is 13.0. The number of rotatable bonds is 4. The van der Waals surface area contributed by atoms with Crippen molar-refractivity contribution in [1.82, 2.24) is 0 Å². The summed E-state index contributed by atoms with van der Waals surface area (Å²) in [6.45, 7) is 1.73. The number of benzene rings is 1. The van der Waals surface area contributed by atoms with Gasteiger partial charge in [0.25, 0.3) is 0 Å². The Bertz CT molecular complexity index is 465. The molecule has 2 rings (SSSR count). The highest BCUT2D eigenvalue weighted by Gasteiger charge is 2.34. The highest BCUT2D eigenvalue weighted by atomic mass is 19.1. The topological polar surface area (TPSA) is 54.3 Å². The lowest BCUT2D eigenvalue weighted by molar-refractivity contribution is -0.00620. The van der Waals surface area contributed by atoms with E-state index in [1.807, 2.05) is 6.07 Å². The molecule has 1 fully saturated rings. The smallest absolute Gasteiger partial charge is 0.124 e. The zero-order valence-corrected chi connectivity index (χ0v) is 10.2. The summed E-state index contributed by atoms with van der Waals surface area (Å²) in [7, 11) is 1.65. The SMILES string of the molecule is COC1(CNc2ccc(F)cc2C#N)CCOC1. The zero-order valence-electron chi connectivity index (χ0n) is 10.2. The summed E-state index contributed by atoms with van der Waals surface area (Å²) in [6, 6.07) is 6.07. The van der Waals surface area contributed by atoms with Gasteiger partial charge >= 0.3 is 0 Å². The third kappa shape index (κ3) is 2.61. The fraction of sp³-hybridized carbons (Fsp3) is 0.462. The molecular formula is C13H15FN2O2. The van der Waals surface area contributed by atoms with Crippen molar-refractivity contribution in [2.75, 3.05) is 32.2 Å².